The Morgan fingerprint density at radius 3 is 2.89 bits per heavy atom. The van der Waals surface area contributed by atoms with Crippen molar-refractivity contribution in [2.75, 3.05) is 6.61 Å². The van der Waals surface area contributed by atoms with Crippen LogP contribution in [0.4, 0.5) is 0 Å². The van der Waals surface area contributed by atoms with E-state index >= 15 is 0 Å². The largest absolute Gasteiger partial charge is 0.466 e. The molecule has 0 radical (unpaired) electrons. The van der Waals surface area contributed by atoms with Gasteiger partial charge in [-0.3, -0.25) is 4.79 Å². The quantitative estimate of drug-likeness (QED) is 0.614. The van der Waals surface area contributed by atoms with Gasteiger partial charge in [0, 0.05) is 12.8 Å². The molecule has 1 aromatic heterocycles. The van der Waals surface area contributed by atoms with E-state index in [0.717, 1.165) is 42.5 Å². The first kappa shape index (κ1) is 13.6. The third-order valence-electron chi connectivity index (χ3n) is 3.04. The van der Waals surface area contributed by atoms with Crippen molar-refractivity contribution < 1.29 is 9.53 Å². The van der Waals surface area contributed by atoms with Gasteiger partial charge < -0.3 is 9.72 Å². The first-order chi connectivity index (χ1) is 9.29. The maximum Gasteiger partial charge on any atom is 0.305 e. The van der Waals surface area contributed by atoms with E-state index < -0.39 is 0 Å². The summed E-state index contributed by atoms with van der Waals surface area (Å²) in [7, 11) is 0. The Hall–Kier alpha value is -1.84. The van der Waals surface area contributed by atoms with Crippen molar-refractivity contribution >= 4 is 17.0 Å². The van der Waals surface area contributed by atoms with Gasteiger partial charge in [0.2, 0.25) is 0 Å². The number of H-pyrrole nitrogens is 1. The predicted octanol–water partition coefficient (Wildman–Crippen LogP) is 3.23. The minimum Gasteiger partial charge on any atom is -0.466 e. The van der Waals surface area contributed by atoms with Crippen LogP contribution in [0.1, 0.15) is 38.4 Å². The summed E-state index contributed by atoms with van der Waals surface area (Å²) in [5.41, 5.74) is 2.10. The molecule has 0 saturated heterocycles. The Balaban J connectivity index is 1.69. The van der Waals surface area contributed by atoms with Crippen LogP contribution in [0.3, 0.4) is 0 Å². The number of rotatable bonds is 7. The number of unbranched alkanes of at least 4 members (excludes halogenated alkanes) is 2. The highest BCUT2D eigenvalue weighted by atomic mass is 16.5. The van der Waals surface area contributed by atoms with Crippen LogP contribution < -0.4 is 0 Å². The summed E-state index contributed by atoms with van der Waals surface area (Å²) in [6.45, 7) is 2.30. The smallest absolute Gasteiger partial charge is 0.305 e. The van der Waals surface area contributed by atoms with Gasteiger partial charge in [-0.2, -0.15) is 0 Å². The van der Waals surface area contributed by atoms with E-state index in [0.29, 0.717) is 13.0 Å². The van der Waals surface area contributed by atoms with Crippen LogP contribution in [0.25, 0.3) is 11.0 Å². The van der Waals surface area contributed by atoms with Gasteiger partial charge in [0.05, 0.1) is 17.6 Å². The number of nitrogens with zero attached hydrogens (tertiary/aromatic N) is 1. The van der Waals surface area contributed by atoms with Crippen molar-refractivity contribution in [3.63, 3.8) is 0 Å². The number of hydrogen-bond donors (Lipinski definition) is 1. The van der Waals surface area contributed by atoms with E-state index in [2.05, 4.69) is 9.97 Å². The van der Waals surface area contributed by atoms with Crippen molar-refractivity contribution in [1.29, 1.82) is 0 Å². The minimum atomic E-state index is -0.0914. The molecule has 2 aromatic rings. The van der Waals surface area contributed by atoms with E-state index in [-0.39, 0.29) is 5.97 Å². The van der Waals surface area contributed by atoms with Gasteiger partial charge in [0.1, 0.15) is 5.82 Å². The Kier molecular flexibility index (Phi) is 4.95. The number of benzene rings is 1. The number of carbonyl (C=O) groups excluding carboxylic acids is 1. The number of aromatic nitrogens is 2. The highest BCUT2D eigenvalue weighted by Crippen LogP contribution is 2.12. The molecule has 0 bridgehead atoms. The lowest BCUT2D eigenvalue weighted by Gasteiger charge is -2.01. The van der Waals surface area contributed by atoms with E-state index in [1.54, 1.807) is 0 Å². The number of para-hydroxylation sites is 2. The Morgan fingerprint density at radius 2 is 2.11 bits per heavy atom. The molecule has 102 valence electrons. The first-order valence-electron chi connectivity index (χ1n) is 6.89. The number of aryl methyl sites for hydroxylation is 1. The average molecular weight is 260 g/mol. The summed E-state index contributed by atoms with van der Waals surface area (Å²) in [5.74, 6) is 0.934. The molecule has 2 rings (SSSR count). The van der Waals surface area contributed by atoms with Gasteiger partial charge in [-0.05, 0) is 31.9 Å². The molecule has 1 heterocycles. The topological polar surface area (TPSA) is 55.0 Å². The summed E-state index contributed by atoms with van der Waals surface area (Å²) in [6.07, 6.45) is 4.40. The molecule has 0 saturated carbocycles. The lowest BCUT2D eigenvalue weighted by molar-refractivity contribution is -0.143. The second kappa shape index (κ2) is 6.92. The SMILES string of the molecule is CCOC(=O)CCCCCc1nc2ccccc2[nH]1. The number of carbonyl (C=O) groups is 1. The molecule has 1 N–H and O–H groups in total. The molecule has 0 aliphatic carbocycles. The van der Waals surface area contributed by atoms with Crippen molar-refractivity contribution in [3.05, 3.63) is 30.1 Å². The summed E-state index contributed by atoms with van der Waals surface area (Å²) in [4.78, 5) is 19.0. The molecule has 0 amide bonds. The number of aromatic amines is 1. The zero-order valence-corrected chi connectivity index (χ0v) is 11.3. The lowest BCUT2D eigenvalue weighted by Crippen LogP contribution is -2.03. The van der Waals surface area contributed by atoms with Gasteiger partial charge in [0.25, 0.3) is 0 Å². The first-order valence-corrected chi connectivity index (χ1v) is 6.89. The fourth-order valence-corrected chi connectivity index (χ4v) is 2.10. The standard InChI is InChI=1S/C15H20N2O2/c1-2-19-15(18)11-5-3-4-10-14-16-12-8-6-7-9-13(12)17-14/h6-9H,2-5,10-11H2,1H3,(H,16,17). The summed E-state index contributed by atoms with van der Waals surface area (Å²) < 4.78 is 4.89. The van der Waals surface area contributed by atoms with Crippen LogP contribution in [0, 0.1) is 0 Å². The molecule has 0 spiro atoms. The van der Waals surface area contributed by atoms with Crippen LogP contribution in [0.5, 0.6) is 0 Å². The Morgan fingerprint density at radius 1 is 1.26 bits per heavy atom. The molecule has 19 heavy (non-hydrogen) atoms. The zero-order valence-electron chi connectivity index (χ0n) is 11.3. The van der Waals surface area contributed by atoms with Crippen LogP contribution in [0.15, 0.2) is 24.3 Å². The molecule has 0 unspecified atom stereocenters. The molecular weight excluding hydrogens is 240 g/mol. The van der Waals surface area contributed by atoms with Crippen LogP contribution in [0.2, 0.25) is 0 Å². The Bertz CT molecular complexity index is 501. The second-order valence-corrected chi connectivity index (χ2v) is 4.57. The van der Waals surface area contributed by atoms with Crippen LogP contribution in [-0.2, 0) is 16.0 Å². The number of ether oxygens (including phenoxy) is 1. The minimum absolute atomic E-state index is 0.0914. The molecule has 1 aromatic carbocycles. The van der Waals surface area contributed by atoms with Crippen molar-refractivity contribution in [2.24, 2.45) is 0 Å². The lowest BCUT2D eigenvalue weighted by atomic mass is 10.1. The fraction of sp³-hybridized carbons (Fsp3) is 0.467. The van der Waals surface area contributed by atoms with Gasteiger partial charge in [-0.25, -0.2) is 4.98 Å². The van der Waals surface area contributed by atoms with E-state index in [1.807, 2.05) is 31.2 Å². The Labute approximate surface area is 113 Å². The molecule has 0 aliphatic heterocycles. The summed E-state index contributed by atoms with van der Waals surface area (Å²) in [6, 6.07) is 8.04. The number of nitrogens with one attached hydrogen (secondary N) is 1. The van der Waals surface area contributed by atoms with Crippen LogP contribution >= 0.6 is 0 Å². The van der Waals surface area contributed by atoms with Gasteiger partial charge in [-0.1, -0.05) is 18.6 Å². The van der Waals surface area contributed by atoms with Gasteiger partial charge in [0.15, 0.2) is 0 Å². The number of esters is 1. The van der Waals surface area contributed by atoms with Crippen molar-refractivity contribution in [2.45, 2.75) is 39.0 Å². The number of imidazole rings is 1. The predicted molar refractivity (Wildman–Crippen MR) is 74.9 cm³/mol. The monoisotopic (exact) mass is 260 g/mol. The molecule has 0 atom stereocenters. The molecule has 0 fully saturated rings. The average Bonchev–Trinajstić information content (AvgIpc) is 2.81. The number of fused-ring (bicyclic) bond motifs is 1. The van der Waals surface area contributed by atoms with E-state index in [9.17, 15) is 4.79 Å². The summed E-state index contributed by atoms with van der Waals surface area (Å²) >= 11 is 0. The van der Waals surface area contributed by atoms with E-state index in [1.165, 1.54) is 0 Å². The zero-order chi connectivity index (χ0) is 13.5. The van der Waals surface area contributed by atoms with Crippen LogP contribution in [-0.4, -0.2) is 22.5 Å². The third kappa shape index (κ3) is 4.09. The number of hydrogen-bond acceptors (Lipinski definition) is 3. The fourth-order valence-electron chi connectivity index (χ4n) is 2.10. The van der Waals surface area contributed by atoms with Gasteiger partial charge >= 0.3 is 5.97 Å². The summed E-state index contributed by atoms with van der Waals surface area (Å²) in [5, 5.41) is 0. The maximum atomic E-state index is 11.2. The third-order valence-corrected chi connectivity index (χ3v) is 3.04. The molecule has 4 heteroatoms. The highest BCUT2D eigenvalue weighted by Gasteiger charge is 2.03. The van der Waals surface area contributed by atoms with E-state index in [4.69, 9.17) is 4.74 Å². The molecule has 0 aliphatic rings. The molecule has 4 nitrogen and oxygen atoms in total. The highest BCUT2D eigenvalue weighted by molar-refractivity contribution is 5.74. The molecular formula is C15H20N2O2. The van der Waals surface area contributed by atoms with Gasteiger partial charge in [-0.15, -0.1) is 0 Å². The van der Waals surface area contributed by atoms with Crippen molar-refractivity contribution in [1.82, 2.24) is 9.97 Å². The normalized spacial score (nSPS) is 10.8. The second-order valence-electron chi connectivity index (χ2n) is 4.57. The maximum absolute atomic E-state index is 11.2. The van der Waals surface area contributed by atoms with Crippen molar-refractivity contribution in [3.8, 4) is 0 Å².